The molecule has 3 aromatic rings. The van der Waals surface area contributed by atoms with E-state index in [4.69, 9.17) is 10.2 Å². The Hall–Kier alpha value is -3.44. The number of urea groups is 1. The smallest absolute Gasteiger partial charge is 0.317 e. The van der Waals surface area contributed by atoms with Gasteiger partial charge in [-0.15, -0.1) is 11.3 Å². The van der Waals surface area contributed by atoms with E-state index in [-0.39, 0.29) is 6.03 Å². The molecule has 2 aromatic heterocycles. The lowest BCUT2D eigenvalue weighted by molar-refractivity contribution is 0.219. The van der Waals surface area contributed by atoms with E-state index in [9.17, 15) is 4.79 Å². The summed E-state index contributed by atoms with van der Waals surface area (Å²) in [6.45, 7) is 2.59. The van der Waals surface area contributed by atoms with Gasteiger partial charge in [-0.1, -0.05) is 18.2 Å². The predicted molar refractivity (Wildman–Crippen MR) is 109 cm³/mol. The first kappa shape index (κ1) is 17.9. The Kier molecular flexibility index (Phi) is 5.17. The van der Waals surface area contributed by atoms with Gasteiger partial charge in [0.25, 0.3) is 0 Å². The van der Waals surface area contributed by atoms with Crippen LogP contribution in [0.15, 0.2) is 48.0 Å². The number of thiophene rings is 1. The van der Waals surface area contributed by atoms with E-state index in [0.717, 1.165) is 28.2 Å². The number of nitrogens with one attached hydrogen (secondary N) is 2. The van der Waals surface area contributed by atoms with Gasteiger partial charge < -0.3 is 15.5 Å². The van der Waals surface area contributed by atoms with Gasteiger partial charge in [-0.3, -0.25) is 0 Å². The van der Waals surface area contributed by atoms with Crippen molar-refractivity contribution in [3.63, 3.8) is 0 Å². The molecule has 0 radical (unpaired) electrons. The van der Waals surface area contributed by atoms with Crippen LogP contribution in [0.5, 0.6) is 0 Å². The molecular formula is C20H18N6OS. The molecule has 1 fully saturated rings. The molecule has 0 unspecified atom stereocenters. The third kappa shape index (κ3) is 3.80. The second-order valence-corrected chi connectivity index (χ2v) is 7.22. The van der Waals surface area contributed by atoms with Crippen LogP contribution < -0.4 is 10.6 Å². The molecular weight excluding hydrogens is 372 g/mol. The fraction of sp³-hybridized carbons (Fsp3) is 0.200. The summed E-state index contributed by atoms with van der Waals surface area (Å²) in [5.74, 6) is 0.528. The monoisotopic (exact) mass is 390 g/mol. The molecule has 0 saturated carbocycles. The summed E-state index contributed by atoms with van der Waals surface area (Å²) in [5, 5.41) is 17.0. The second-order valence-electron chi connectivity index (χ2n) is 6.27. The van der Waals surface area contributed by atoms with Gasteiger partial charge >= 0.3 is 6.03 Å². The zero-order valence-electron chi connectivity index (χ0n) is 15.1. The zero-order valence-corrected chi connectivity index (χ0v) is 15.9. The van der Waals surface area contributed by atoms with Crippen molar-refractivity contribution in [2.45, 2.75) is 0 Å². The normalized spacial score (nSPS) is 13.2. The molecule has 0 atom stereocenters. The minimum absolute atomic E-state index is 0.0295. The van der Waals surface area contributed by atoms with E-state index in [2.05, 4.69) is 21.7 Å². The van der Waals surface area contributed by atoms with Crippen molar-refractivity contribution >= 4 is 23.3 Å². The highest BCUT2D eigenvalue weighted by Gasteiger charge is 2.18. The Bertz CT molecular complexity index is 1010. The van der Waals surface area contributed by atoms with E-state index in [1.54, 1.807) is 34.6 Å². The highest BCUT2D eigenvalue weighted by Crippen LogP contribution is 2.33. The highest BCUT2D eigenvalue weighted by molar-refractivity contribution is 7.13. The molecule has 1 saturated heterocycles. The topological polar surface area (TPSA) is 93.9 Å². The van der Waals surface area contributed by atoms with E-state index in [1.807, 2.05) is 29.6 Å². The number of amides is 2. The van der Waals surface area contributed by atoms with Crippen LogP contribution in [0.3, 0.4) is 0 Å². The van der Waals surface area contributed by atoms with Crippen LogP contribution in [-0.4, -0.2) is 47.1 Å². The van der Waals surface area contributed by atoms with Crippen LogP contribution in [0.1, 0.15) is 5.56 Å². The van der Waals surface area contributed by atoms with Gasteiger partial charge in [0, 0.05) is 37.9 Å². The number of hydrogen-bond acceptors (Lipinski definition) is 6. The van der Waals surface area contributed by atoms with Gasteiger partial charge in [0.1, 0.15) is 0 Å². The fourth-order valence-corrected chi connectivity index (χ4v) is 3.76. The third-order valence-corrected chi connectivity index (χ3v) is 5.35. The summed E-state index contributed by atoms with van der Waals surface area (Å²) in [7, 11) is 0. The molecule has 4 rings (SSSR count). The SMILES string of the molecule is N#Cc1ccc(-c2cnc(NCCN3CCNC3=O)nc2-c2cccs2)cc1. The molecule has 140 valence electrons. The molecule has 0 spiro atoms. The maximum Gasteiger partial charge on any atom is 0.317 e. The lowest BCUT2D eigenvalue weighted by Gasteiger charge is -2.15. The predicted octanol–water partition coefficient (Wildman–Crippen LogP) is 3.18. The maximum absolute atomic E-state index is 11.6. The summed E-state index contributed by atoms with van der Waals surface area (Å²) in [6.07, 6.45) is 1.80. The molecule has 2 amide bonds. The molecule has 1 aliphatic heterocycles. The Morgan fingerprint density at radius 1 is 1.29 bits per heavy atom. The van der Waals surface area contributed by atoms with Gasteiger partial charge in [-0.25, -0.2) is 14.8 Å². The standard InChI is InChI=1S/C20H18N6OS/c21-12-14-3-5-15(6-4-14)16-13-24-19(25-18(16)17-2-1-11-28-17)22-7-9-26-10-8-23-20(26)27/h1-6,11,13H,7-10H2,(H,23,27)(H,22,24,25). The Morgan fingerprint density at radius 2 is 2.14 bits per heavy atom. The van der Waals surface area contributed by atoms with Crippen LogP contribution in [0.25, 0.3) is 21.7 Å². The summed E-state index contributed by atoms with van der Waals surface area (Å²) < 4.78 is 0. The summed E-state index contributed by atoms with van der Waals surface area (Å²) in [6, 6.07) is 13.5. The van der Waals surface area contributed by atoms with Crippen molar-refractivity contribution in [3.8, 4) is 27.8 Å². The largest absolute Gasteiger partial charge is 0.352 e. The van der Waals surface area contributed by atoms with Gasteiger partial charge in [0.15, 0.2) is 0 Å². The number of nitriles is 1. The fourth-order valence-electron chi connectivity index (χ4n) is 3.03. The van der Waals surface area contributed by atoms with Crippen molar-refractivity contribution in [2.24, 2.45) is 0 Å². The number of anilines is 1. The van der Waals surface area contributed by atoms with Crippen molar-refractivity contribution in [3.05, 3.63) is 53.5 Å². The van der Waals surface area contributed by atoms with Crippen molar-refractivity contribution in [1.82, 2.24) is 20.2 Å². The minimum Gasteiger partial charge on any atom is -0.352 e. The van der Waals surface area contributed by atoms with Crippen molar-refractivity contribution < 1.29 is 4.79 Å². The zero-order chi connectivity index (χ0) is 19.3. The number of hydrogen-bond donors (Lipinski definition) is 2. The lowest BCUT2D eigenvalue weighted by atomic mass is 10.0. The van der Waals surface area contributed by atoms with Crippen LogP contribution in [0.2, 0.25) is 0 Å². The van der Waals surface area contributed by atoms with Crippen molar-refractivity contribution in [2.75, 3.05) is 31.5 Å². The van der Waals surface area contributed by atoms with E-state index < -0.39 is 0 Å². The molecule has 8 heteroatoms. The molecule has 1 aliphatic rings. The first-order valence-corrected chi connectivity index (χ1v) is 9.80. The van der Waals surface area contributed by atoms with Gasteiger partial charge in [0.05, 0.1) is 22.2 Å². The summed E-state index contributed by atoms with van der Waals surface area (Å²) in [5.41, 5.74) is 3.33. The highest BCUT2D eigenvalue weighted by atomic mass is 32.1. The molecule has 3 heterocycles. The summed E-state index contributed by atoms with van der Waals surface area (Å²) >= 11 is 1.61. The maximum atomic E-state index is 11.6. The Balaban J connectivity index is 1.57. The minimum atomic E-state index is -0.0295. The molecule has 1 aromatic carbocycles. The molecule has 0 bridgehead atoms. The van der Waals surface area contributed by atoms with Gasteiger partial charge in [-0.2, -0.15) is 5.26 Å². The Morgan fingerprint density at radius 3 is 2.82 bits per heavy atom. The van der Waals surface area contributed by atoms with Gasteiger partial charge in [0.2, 0.25) is 5.95 Å². The van der Waals surface area contributed by atoms with Crippen molar-refractivity contribution in [1.29, 1.82) is 5.26 Å². The number of benzene rings is 1. The number of rotatable bonds is 6. The molecule has 28 heavy (non-hydrogen) atoms. The van der Waals surface area contributed by atoms with E-state index in [1.165, 1.54) is 0 Å². The lowest BCUT2D eigenvalue weighted by Crippen LogP contribution is -2.32. The van der Waals surface area contributed by atoms with E-state index in [0.29, 0.717) is 31.1 Å². The van der Waals surface area contributed by atoms with Crippen LogP contribution in [-0.2, 0) is 0 Å². The van der Waals surface area contributed by atoms with Crippen LogP contribution >= 0.6 is 11.3 Å². The van der Waals surface area contributed by atoms with E-state index >= 15 is 0 Å². The Labute approximate surface area is 166 Å². The first-order valence-electron chi connectivity index (χ1n) is 8.93. The second kappa shape index (κ2) is 8.06. The molecule has 7 nitrogen and oxygen atoms in total. The number of aromatic nitrogens is 2. The number of nitrogens with zero attached hydrogens (tertiary/aromatic N) is 4. The summed E-state index contributed by atoms with van der Waals surface area (Å²) in [4.78, 5) is 23.6. The average Bonchev–Trinajstić information content (AvgIpc) is 3.40. The van der Waals surface area contributed by atoms with Crippen LogP contribution in [0.4, 0.5) is 10.7 Å². The van der Waals surface area contributed by atoms with Gasteiger partial charge in [-0.05, 0) is 29.1 Å². The van der Waals surface area contributed by atoms with Crippen LogP contribution in [0, 0.1) is 11.3 Å². The first-order chi connectivity index (χ1) is 13.7. The third-order valence-electron chi connectivity index (χ3n) is 4.48. The number of carbonyl (C=O) groups excluding carboxylic acids is 1. The molecule has 2 N–H and O–H groups in total. The average molecular weight is 390 g/mol. The quantitative estimate of drug-likeness (QED) is 0.674. The number of carbonyl (C=O) groups is 1. The molecule has 0 aliphatic carbocycles.